The zero-order valence-electron chi connectivity index (χ0n) is 16.9. The van der Waals surface area contributed by atoms with Crippen molar-refractivity contribution in [3.63, 3.8) is 0 Å². The van der Waals surface area contributed by atoms with E-state index in [9.17, 15) is 9.90 Å². The number of carbonyl (C=O) groups is 1. The van der Waals surface area contributed by atoms with Crippen LogP contribution in [0.25, 0.3) is 33.1 Å². The van der Waals surface area contributed by atoms with Gasteiger partial charge < -0.3 is 15.0 Å². The molecule has 6 nitrogen and oxygen atoms in total. The summed E-state index contributed by atoms with van der Waals surface area (Å²) in [7, 11) is 2.17. The van der Waals surface area contributed by atoms with Gasteiger partial charge >= 0.3 is 0 Å². The van der Waals surface area contributed by atoms with Crippen molar-refractivity contribution < 1.29 is 9.90 Å². The Kier molecular flexibility index (Phi) is 4.73. The molecule has 2 N–H and O–H groups in total. The monoisotopic (exact) mass is 400 g/mol. The lowest BCUT2D eigenvalue weighted by atomic mass is 10.1. The fraction of sp³-hybridized carbons (Fsp3) is 0.250. The Hall–Kier alpha value is -3.22. The Morgan fingerprint density at radius 1 is 1.07 bits per heavy atom. The normalized spacial score (nSPS) is 15.8. The maximum atomic E-state index is 11.0. The zero-order valence-corrected chi connectivity index (χ0v) is 16.9. The van der Waals surface area contributed by atoms with Gasteiger partial charge in [-0.2, -0.15) is 0 Å². The molecule has 1 aliphatic rings. The average molecular weight is 400 g/mol. The van der Waals surface area contributed by atoms with Gasteiger partial charge in [-0.05, 0) is 36.9 Å². The van der Waals surface area contributed by atoms with Crippen molar-refractivity contribution in [2.24, 2.45) is 0 Å². The van der Waals surface area contributed by atoms with Crippen LogP contribution in [-0.2, 0) is 6.54 Å². The van der Waals surface area contributed by atoms with E-state index >= 15 is 0 Å². The largest absolute Gasteiger partial charge is 0.494 e. The maximum absolute atomic E-state index is 11.0. The Labute approximate surface area is 174 Å². The van der Waals surface area contributed by atoms with Crippen LogP contribution in [0.4, 0.5) is 0 Å². The number of nitrogens with zero attached hydrogens (tertiary/aromatic N) is 3. The first kappa shape index (κ1) is 18.8. The fourth-order valence-electron chi connectivity index (χ4n) is 4.21. The van der Waals surface area contributed by atoms with Gasteiger partial charge in [0.2, 0.25) is 0 Å². The lowest BCUT2D eigenvalue weighted by Gasteiger charge is -2.32. The second-order valence-electron chi connectivity index (χ2n) is 8.07. The van der Waals surface area contributed by atoms with Crippen LogP contribution in [0.3, 0.4) is 0 Å². The summed E-state index contributed by atoms with van der Waals surface area (Å²) in [6.45, 7) is 5.37. The number of aromatic hydroxyl groups is 1. The third kappa shape index (κ3) is 3.44. The fourth-order valence-corrected chi connectivity index (χ4v) is 4.21. The summed E-state index contributed by atoms with van der Waals surface area (Å²) in [4.78, 5) is 23.6. The minimum absolute atomic E-state index is 0.0617. The van der Waals surface area contributed by atoms with Gasteiger partial charge in [-0.25, -0.2) is 4.98 Å². The van der Waals surface area contributed by atoms with Crippen LogP contribution in [0.2, 0.25) is 0 Å². The number of aldehydes is 1. The topological polar surface area (TPSA) is 72.5 Å². The molecule has 30 heavy (non-hydrogen) atoms. The lowest BCUT2D eigenvalue weighted by molar-refractivity contribution is 0.112. The first-order chi connectivity index (χ1) is 14.6. The molecule has 0 unspecified atom stereocenters. The van der Waals surface area contributed by atoms with Gasteiger partial charge in [0.15, 0.2) is 5.88 Å². The molecule has 0 aliphatic carbocycles. The van der Waals surface area contributed by atoms with Crippen molar-refractivity contribution in [1.82, 2.24) is 19.8 Å². The Balaban J connectivity index is 1.46. The number of hydrogen-bond acceptors (Lipinski definition) is 5. The SMILES string of the molecule is CN1CCN(Cc2ccc3nc(-c4c(O)[nH]c5cc(C=O)ccc45)ccc3c2)CC1. The first-order valence-corrected chi connectivity index (χ1v) is 10.2. The maximum Gasteiger partial charge on any atom is 0.199 e. The molecular formula is C24H24N4O2. The van der Waals surface area contributed by atoms with E-state index in [1.54, 1.807) is 12.1 Å². The van der Waals surface area contributed by atoms with Gasteiger partial charge in [-0.15, -0.1) is 0 Å². The zero-order chi connectivity index (χ0) is 20.7. The number of rotatable bonds is 4. The summed E-state index contributed by atoms with van der Waals surface area (Å²) >= 11 is 0. The van der Waals surface area contributed by atoms with Crippen molar-refractivity contribution >= 4 is 28.1 Å². The summed E-state index contributed by atoms with van der Waals surface area (Å²) in [5, 5.41) is 12.4. The molecule has 3 heterocycles. The van der Waals surface area contributed by atoms with Crippen molar-refractivity contribution in [2.75, 3.05) is 33.2 Å². The van der Waals surface area contributed by atoms with E-state index in [-0.39, 0.29) is 5.88 Å². The quantitative estimate of drug-likeness (QED) is 0.512. The summed E-state index contributed by atoms with van der Waals surface area (Å²) in [6.07, 6.45) is 0.797. The van der Waals surface area contributed by atoms with Crippen molar-refractivity contribution in [3.8, 4) is 17.1 Å². The molecule has 6 heteroatoms. The van der Waals surface area contributed by atoms with Crippen LogP contribution < -0.4 is 0 Å². The molecule has 2 aromatic carbocycles. The number of nitrogens with one attached hydrogen (secondary N) is 1. The molecule has 152 valence electrons. The van der Waals surface area contributed by atoms with Crippen LogP contribution in [0.5, 0.6) is 5.88 Å². The van der Waals surface area contributed by atoms with E-state index in [4.69, 9.17) is 4.98 Å². The number of benzene rings is 2. The first-order valence-electron chi connectivity index (χ1n) is 10.2. The smallest absolute Gasteiger partial charge is 0.199 e. The number of piperazine rings is 1. The number of hydrogen-bond donors (Lipinski definition) is 2. The van der Waals surface area contributed by atoms with Crippen LogP contribution in [0.15, 0.2) is 48.5 Å². The predicted molar refractivity (Wildman–Crippen MR) is 119 cm³/mol. The second-order valence-corrected chi connectivity index (χ2v) is 8.07. The molecule has 0 saturated carbocycles. The van der Waals surface area contributed by atoms with Gasteiger partial charge in [0, 0.05) is 54.6 Å². The number of fused-ring (bicyclic) bond motifs is 2. The van der Waals surface area contributed by atoms with E-state index in [2.05, 4.69) is 46.1 Å². The molecule has 5 rings (SSSR count). The third-order valence-corrected chi connectivity index (χ3v) is 5.95. The van der Waals surface area contributed by atoms with Crippen LogP contribution in [-0.4, -0.2) is 64.4 Å². The van der Waals surface area contributed by atoms with Crippen LogP contribution >= 0.6 is 0 Å². The van der Waals surface area contributed by atoms with E-state index in [0.29, 0.717) is 16.8 Å². The highest BCUT2D eigenvalue weighted by Gasteiger charge is 2.16. The van der Waals surface area contributed by atoms with E-state index in [1.165, 1.54) is 5.56 Å². The number of likely N-dealkylation sites (N-methyl/N-ethyl adjacent to an activating group) is 1. The minimum Gasteiger partial charge on any atom is -0.494 e. The summed E-state index contributed by atoms with van der Waals surface area (Å²) in [5.41, 5.74) is 4.83. The number of H-pyrrole nitrogens is 1. The highest BCUT2D eigenvalue weighted by Crippen LogP contribution is 2.36. The molecule has 0 atom stereocenters. The van der Waals surface area contributed by atoms with Gasteiger partial charge in [0.1, 0.15) is 6.29 Å². The summed E-state index contributed by atoms with van der Waals surface area (Å²) in [6, 6.07) is 15.7. The van der Waals surface area contributed by atoms with Crippen molar-refractivity contribution in [1.29, 1.82) is 0 Å². The predicted octanol–water partition coefficient (Wildman–Crippen LogP) is 3.65. The Morgan fingerprint density at radius 3 is 2.70 bits per heavy atom. The van der Waals surface area contributed by atoms with E-state index in [0.717, 1.165) is 60.8 Å². The van der Waals surface area contributed by atoms with E-state index in [1.807, 2.05) is 12.1 Å². The van der Waals surface area contributed by atoms with Crippen molar-refractivity contribution in [2.45, 2.75) is 6.54 Å². The van der Waals surface area contributed by atoms with Gasteiger partial charge in [-0.3, -0.25) is 9.69 Å². The Bertz CT molecular complexity index is 1240. The molecule has 1 fully saturated rings. The minimum atomic E-state index is 0.0617. The molecule has 1 saturated heterocycles. The Morgan fingerprint density at radius 2 is 1.90 bits per heavy atom. The lowest BCUT2D eigenvalue weighted by Crippen LogP contribution is -2.43. The van der Waals surface area contributed by atoms with Crippen molar-refractivity contribution in [3.05, 3.63) is 59.7 Å². The summed E-state index contributed by atoms with van der Waals surface area (Å²) in [5.74, 6) is 0.0617. The highest BCUT2D eigenvalue weighted by atomic mass is 16.3. The third-order valence-electron chi connectivity index (χ3n) is 5.95. The molecule has 0 radical (unpaired) electrons. The highest BCUT2D eigenvalue weighted by molar-refractivity contribution is 6.00. The number of pyridine rings is 1. The molecule has 0 spiro atoms. The van der Waals surface area contributed by atoms with Crippen LogP contribution in [0.1, 0.15) is 15.9 Å². The van der Waals surface area contributed by atoms with E-state index < -0.39 is 0 Å². The van der Waals surface area contributed by atoms with Gasteiger partial charge in [-0.1, -0.05) is 24.3 Å². The van der Waals surface area contributed by atoms with Gasteiger partial charge in [0.05, 0.1) is 16.8 Å². The second kappa shape index (κ2) is 7.55. The molecular weight excluding hydrogens is 376 g/mol. The van der Waals surface area contributed by atoms with Crippen LogP contribution in [0, 0.1) is 0 Å². The molecule has 0 bridgehead atoms. The average Bonchev–Trinajstić information content (AvgIpc) is 3.09. The molecule has 2 aromatic heterocycles. The molecule has 0 amide bonds. The number of carbonyl (C=O) groups excluding carboxylic acids is 1. The van der Waals surface area contributed by atoms with Gasteiger partial charge in [0.25, 0.3) is 0 Å². The molecule has 4 aromatic rings. The number of aromatic nitrogens is 2. The standard InChI is InChI=1S/C24H24N4O2/c1-27-8-10-28(11-9-27)14-16-3-6-20-18(12-16)4-7-21(25-20)23-19-5-2-17(15-29)13-22(19)26-24(23)30/h2-7,12-13,15,26,30H,8-11,14H2,1H3. The molecule has 1 aliphatic heterocycles. The number of aromatic amines is 1. The summed E-state index contributed by atoms with van der Waals surface area (Å²) < 4.78 is 0.